The minimum absolute atomic E-state index is 0.104. The molecule has 0 aliphatic carbocycles. The van der Waals surface area contributed by atoms with Gasteiger partial charge in [-0.2, -0.15) is 5.10 Å². The minimum atomic E-state index is -3.64. The van der Waals surface area contributed by atoms with E-state index in [0.29, 0.717) is 0 Å². The number of hydrogen-bond donors (Lipinski definition) is 0. The highest BCUT2D eigenvalue weighted by Gasteiger charge is 2.36. The van der Waals surface area contributed by atoms with Crippen molar-refractivity contribution >= 4 is 15.7 Å². The molecule has 2 heterocycles. The van der Waals surface area contributed by atoms with Crippen LogP contribution in [0.1, 0.15) is 12.5 Å². The van der Waals surface area contributed by atoms with Crippen molar-refractivity contribution in [3.8, 4) is 5.69 Å². The first-order valence-electron chi connectivity index (χ1n) is 7.80. The summed E-state index contributed by atoms with van der Waals surface area (Å²) in [7, 11) is -3.64. The molecule has 4 rings (SSSR count). The molecule has 6 heteroatoms. The molecule has 0 saturated heterocycles. The summed E-state index contributed by atoms with van der Waals surface area (Å²) in [6, 6.07) is 17.0. The summed E-state index contributed by atoms with van der Waals surface area (Å²) >= 11 is 0. The van der Waals surface area contributed by atoms with Crippen LogP contribution in [0.25, 0.3) is 5.69 Å². The monoisotopic (exact) mass is 339 g/mol. The lowest BCUT2D eigenvalue weighted by atomic mass is 10.1. The normalized spacial score (nSPS) is 17.0. The zero-order valence-corrected chi connectivity index (χ0v) is 14.0. The molecule has 3 aromatic rings. The van der Waals surface area contributed by atoms with Gasteiger partial charge in [0.05, 0.1) is 23.8 Å². The summed E-state index contributed by atoms with van der Waals surface area (Å²) in [5.41, 5.74) is 2.65. The predicted molar refractivity (Wildman–Crippen MR) is 92.8 cm³/mol. The third-order valence-corrected chi connectivity index (χ3v) is 6.16. The van der Waals surface area contributed by atoms with Gasteiger partial charge in [0.15, 0.2) is 0 Å². The van der Waals surface area contributed by atoms with Crippen LogP contribution in [-0.4, -0.2) is 24.2 Å². The Morgan fingerprint density at radius 3 is 2.54 bits per heavy atom. The van der Waals surface area contributed by atoms with Crippen LogP contribution >= 0.6 is 0 Å². The molecule has 0 N–H and O–H groups in total. The zero-order valence-electron chi connectivity index (χ0n) is 13.2. The molecular weight excluding hydrogens is 322 g/mol. The Morgan fingerprint density at radius 1 is 1.04 bits per heavy atom. The van der Waals surface area contributed by atoms with Gasteiger partial charge in [-0.3, -0.25) is 4.31 Å². The van der Waals surface area contributed by atoms with Crippen LogP contribution in [0.4, 0.5) is 5.69 Å². The van der Waals surface area contributed by atoms with Crippen LogP contribution in [0.2, 0.25) is 0 Å². The number of rotatable bonds is 3. The molecule has 5 nitrogen and oxygen atoms in total. The van der Waals surface area contributed by atoms with Crippen molar-refractivity contribution in [1.29, 1.82) is 0 Å². The number of aromatic nitrogens is 2. The van der Waals surface area contributed by atoms with Crippen molar-refractivity contribution in [2.24, 2.45) is 0 Å². The molecule has 0 amide bonds. The van der Waals surface area contributed by atoms with Gasteiger partial charge in [0.25, 0.3) is 10.0 Å². The third-order valence-electron chi connectivity index (χ3n) is 4.28. The van der Waals surface area contributed by atoms with Crippen LogP contribution in [0.5, 0.6) is 0 Å². The first-order valence-corrected chi connectivity index (χ1v) is 9.24. The standard InChI is InChI=1S/C18H17N3O2S/c1-14-11-15-7-5-6-10-18(15)21(14)24(22,23)17-12-19-20(13-17)16-8-3-2-4-9-16/h2-10,12-14H,11H2,1H3. The van der Waals surface area contributed by atoms with E-state index in [9.17, 15) is 8.42 Å². The van der Waals surface area contributed by atoms with Gasteiger partial charge in [-0.1, -0.05) is 36.4 Å². The second-order valence-electron chi connectivity index (χ2n) is 5.94. The maximum Gasteiger partial charge on any atom is 0.267 e. The van der Waals surface area contributed by atoms with Crippen molar-refractivity contribution in [3.63, 3.8) is 0 Å². The molecule has 0 saturated carbocycles. The number of sulfonamides is 1. The Hall–Kier alpha value is -2.60. The fourth-order valence-electron chi connectivity index (χ4n) is 3.18. The summed E-state index contributed by atoms with van der Waals surface area (Å²) in [5, 5.41) is 4.22. The highest BCUT2D eigenvalue weighted by Crippen LogP contribution is 2.36. The van der Waals surface area contributed by atoms with Crippen LogP contribution in [0.15, 0.2) is 71.9 Å². The Kier molecular flexibility index (Phi) is 3.42. The van der Waals surface area contributed by atoms with E-state index in [1.54, 1.807) is 10.9 Å². The summed E-state index contributed by atoms with van der Waals surface area (Å²) in [5.74, 6) is 0. The number of anilines is 1. The lowest BCUT2D eigenvalue weighted by molar-refractivity contribution is 0.584. The van der Waals surface area contributed by atoms with Gasteiger partial charge >= 0.3 is 0 Å². The topological polar surface area (TPSA) is 55.2 Å². The zero-order chi connectivity index (χ0) is 16.7. The van der Waals surface area contributed by atoms with Gasteiger partial charge in [-0.25, -0.2) is 13.1 Å². The lowest BCUT2D eigenvalue weighted by Crippen LogP contribution is -2.35. The average Bonchev–Trinajstić information content (AvgIpc) is 3.20. The molecule has 1 unspecified atom stereocenters. The summed E-state index contributed by atoms with van der Waals surface area (Å²) in [6.07, 6.45) is 3.70. The Labute approximate surface area is 141 Å². The molecule has 0 spiro atoms. The number of benzene rings is 2. The molecule has 1 atom stereocenters. The fraction of sp³-hybridized carbons (Fsp3) is 0.167. The minimum Gasteiger partial charge on any atom is -0.263 e. The summed E-state index contributed by atoms with van der Waals surface area (Å²) < 4.78 is 29.3. The van der Waals surface area contributed by atoms with Crippen molar-refractivity contribution in [2.75, 3.05) is 4.31 Å². The average molecular weight is 339 g/mol. The molecule has 0 fully saturated rings. The molecule has 24 heavy (non-hydrogen) atoms. The number of fused-ring (bicyclic) bond motifs is 1. The van der Waals surface area contributed by atoms with Crippen LogP contribution < -0.4 is 4.31 Å². The molecule has 122 valence electrons. The second-order valence-corrected chi connectivity index (χ2v) is 7.75. The molecule has 1 aromatic heterocycles. The van der Waals surface area contributed by atoms with Crippen molar-refractivity contribution in [3.05, 3.63) is 72.6 Å². The molecule has 1 aliphatic heterocycles. The van der Waals surface area contributed by atoms with E-state index in [1.165, 1.54) is 10.5 Å². The van der Waals surface area contributed by atoms with E-state index in [4.69, 9.17) is 0 Å². The Balaban J connectivity index is 1.75. The molecule has 1 aliphatic rings. The van der Waals surface area contributed by atoms with E-state index in [1.807, 2.05) is 61.5 Å². The van der Waals surface area contributed by atoms with Crippen LogP contribution in [-0.2, 0) is 16.4 Å². The quantitative estimate of drug-likeness (QED) is 0.737. The number of hydrogen-bond acceptors (Lipinski definition) is 3. The second kappa shape index (κ2) is 5.49. The van der Waals surface area contributed by atoms with Crippen LogP contribution in [0, 0.1) is 0 Å². The van der Waals surface area contributed by atoms with E-state index in [0.717, 1.165) is 23.4 Å². The predicted octanol–water partition coefficient (Wildman–Crippen LogP) is 3.01. The SMILES string of the molecule is CC1Cc2ccccc2N1S(=O)(=O)c1cnn(-c2ccccc2)c1. The largest absolute Gasteiger partial charge is 0.267 e. The number of nitrogens with zero attached hydrogens (tertiary/aromatic N) is 3. The first kappa shape index (κ1) is 15.0. The lowest BCUT2D eigenvalue weighted by Gasteiger charge is -2.23. The Morgan fingerprint density at radius 2 is 1.75 bits per heavy atom. The molecule has 0 radical (unpaired) electrons. The van der Waals surface area contributed by atoms with Gasteiger partial charge in [-0.15, -0.1) is 0 Å². The van der Waals surface area contributed by atoms with Gasteiger partial charge in [0.2, 0.25) is 0 Å². The smallest absolute Gasteiger partial charge is 0.263 e. The first-order chi connectivity index (χ1) is 11.6. The third kappa shape index (κ3) is 2.30. The summed E-state index contributed by atoms with van der Waals surface area (Å²) in [4.78, 5) is 0.204. The summed E-state index contributed by atoms with van der Waals surface area (Å²) in [6.45, 7) is 1.93. The highest BCUT2D eigenvalue weighted by atomic mass is 32.2. The maximum absolute atomic E-state index is 13.1. The number of para-hydroxylation sites is 2. The van der Waals surface area contributed by atoms with Crippen molar-refractivity contribution in [1.82, 2.24) is 9.78 Å². The van der Waals surface area contributed by atoms with Gasteiger partial charge in [0.1, 0.15) is 4.90 Å². The van der Waals surface area contributed by atoms with Gasteiger partial charge < -0.3 is 0 Å². The molecule has 2 aromatic carbocycles. The van der Waals surface area contributed by atoms with Crippen molar-refractivity contribution < 1.29 is 8.42 Å². The van der Waals surface area contributed by atoms with E-state index >= 15 is 0 Å². The van der Waals surface area contributed by atoms with E-state index in [2.05, 4.69) is 5.10 Å². The molecular formula is C18H17N3O2S. The van der Waals surface area contributed by atoms with Gasteiger partial charge in [0, 0.05) is 6.04 Å². The van der Waals surface area contributed by atoms with Gasteiger partial charge in [-0.05, 0) is 37.1 Å². The molecule has 0 bridgehead atoms. The fourth-order valence-corrected chi connectivity index (χ4v) is 4.80. The maximum atomic E-state index is 13.1. The van der Waals surface area contributed by atoms with E-state index < -0.39 is 10.0 Å². The van der Waals surface area contributed by atoms with Crippen molar-refractivity contribution in [2.45, 2.75) is 24.3 Å². The Bertz CT molecular complexity index is 980. The van der Waals surface area contributed by atoms with Crippen LogP contribution in [0.3, 0.4) is 0 Å². The van der Waals surface area contributed by atoms with E-state index in [-0.39, 0.29) is 10.9 Å². The highest BCUT2D eigenvalue weighted by molar-refractivity contribution is 7.92.